The van der Waals surface area contributed by atoms with E-state index in [1.165, 1.54) is 4.90 Å². The summed E-state index contributed by atoms with van der Waals surface area (Å²) in [6, 6.07) is -1.14. The van der Waals surface area contributed by atoms with Crippen molar-refractivity contribution in [3.8, 4) is 0 Å². The molecule has 2 fully saturated rings. The van der Waals surface area contributed by atoms with Gasteiger partial charge in [0.15, 0.2) is 0 Å². The maximum atomic E-state index is 12.0. The molecule has 2 heterocycles. The van der Waals surface area contributed by atoms with Gasteiger partial charge in [0.05, 0.1) is 12.1 Å². The molecule has 2 aliphatic rings. The van der Waals surface area contributed by atoms with Crippen LogP contribution in [0.25, 0.3) is 0 Å². The molecule has 2 rings (SSSR count). The molecular weight excluding hydrogens is 212 g/mol. The van der Waals surface area contributed by atoms with Gasteiger partial charge < -0.3 is 20.4 Å². The third-order valence-corrected chi connectivity index (χ3v) is 3.21. The number of nitrogens with zero attached hydrogens (tertiary/aromatic N) is 1. The lowest BCUT2D eigenvalue weighted by Gasteiger charge is -2.24. The third-order valence-electron chi connectivity index (χ3n) is 3.21. The zero-order valence-corrected chi connectivity index (χ0v) is 8.93. The minimum absolute atomic E-state index is 0.133. The van der Waals surface area contributed by atoms with E-state index in [1.54, 1.807) is 0 Å². The Bertz CT molecular complexity index is 301. The molecule has 0 aliphatic carbocycles. The van der Waals surface area contributed by atoms with Gasteiger partial charge in [-0.2, -0.15) is 0 Å². The number of nitrogens with one attached hydrogen (secondary N) is 1. The summed E-state index contributed by atoms with van der Waals surface area (Å²) in [6.07, 6.45) is 1.10. The predicted octanol–water partition coefficient (Wildman–Crippen LogP) is -1.22. The van der Waals surface area contributed by atoms with Crippen LogP contribution in [0.3, 0.4) is 0 Å². The third kappa shape index (κ3) is 2.03. The molecule has 1 amide bonds. The zero-order chi connectivity index (χ0) is 11.7. The fraction of sp³-hybridized carbons (Fsp3) is 0.800. The van der Waals surface area contributed by atoms with Crippen molar-refractivity contribution >= 4 is 11.9 Å². The first-order chi connectivity index (χ1) is 7.59. The van der Waals surface area contributed by atoms with E-state index in [-0.39, 0.29) is 24.9 Å². The molecule has 0 saturated carbocycles. The Morgan fingerprint density at radius 3 is 2.69 bits per heavy atom. The van der Waals surface area contributed by atoms with Crippen molar-refractivity contribution in [2.24, 2.45) is 0 Å². The van der Waals surface area contributed by atoms with Crippen molar-refractivity contribution in [3.63, 3.8) is 0 Å². The molecule has 16 heavy (non-hydrogen) atoms. The number of aliphatic carboxylic acids is 1. The van der Waals surface area contributed by atoms with Crippen LogP contribution in [0.15, 0.2) is 0 Å². The summed E-state index contributed by atoms with van der Waals surface area (Å²) in [6.45, 7) is 0.929. The molecule has 3 atom stereocenters. The second-order valence-electron chi connectivity index (χ2n) is 4.38. The Hall–Kier alpha value is -1.14. The maximum absolute atomic E-state index is 12.0. The molecule has 0 aromatic carbocycles. The van der Waals surface area contributed by atoms with Gasteiger partial charge in [0.25, 0.3) is 0 Å². The van der Waals surface area contributed by atoms with Crippen molar-refractivity contribution in [1.29, 1.82) is 0 Å². The highest BCUT2D eigenvalue weighted by Gasteiger charge is 2.41. The molecule has 0 bridgehead atoms. The van der Waals surface area contributed by atoms with Crippen molar-refractivity contribution < 1.29 is 19.8 Å². The van der Waals surface area contributed by atoms with Crippen LogP contribution in [0.5, 0.6) is 0 Å². The van der Waals surface area contributed by atoms with E-state index in [1.807, 2.05) is 0 Å². The smallest absolute Gasteiger partial charge is 0.326 e. The first-order valence-corrected chi connectivity index (χ1v) is 5.54. The topological polar surface area (TPSA) is 89.9 Å². The van der Waals surface area contributed by atoms with Crippen LogP contribution in [0.2, 0.25) is 0 Å². The number of aliphatic hydroxyl groups is 1. The Balaban J connectivity index is 2.06. The fourth-order valence-corrected chi connectivity index (χ4v) is 2.39. The first kappa shape index (κ1) is 11.3. The van der Waals surface area contributed by atoms with Crippen LogP contribution in [0.1, 0.15) is 19.3 Å². The number of aliphatic hydroxyl groups excluding tert-OH is 1. The van der Waals surface area contributed by atoms with Crippen LogP contribution in [-0.2, 0) is 9.59 Å². The number of carbonyl (C=O) groups is 2. The van der Waals surface area contributed by atoms with Gasteiger partial charge in [0.1, 0.15) is 6.04 Å². The number of hydrogen-bond acceptors (Lipinski definition) is 4. The lowest BCUT2D eigenvalue weighted by atomic mass is 10.1. The molecule has 0 aromatic heterocycles. The van der Waals surface area contributed by atoms with Crippen LogP contribution in [0, 0.1) is 0 Å². The fourth-order valence-electron chi connectivity index (χ4n) is 2.39. The molecule has 0 aromatic rings. The zero-order valence-electron chi connectivity index (χ0n) is 8.93. The van der Waals surface area contributed by atoms with Crippen LogP contribution >= 0.6 is 0 Å². The normalized spacial score (nSPS) is 34.3. The number of carboxylic acid groups (broad SMARTS) is 1. The van der Waals surface area contributed by atoms with E-state index in [0.717, 1.165) is 19.4 Å². The molecule has 6 heteroatoms. The van der Waals surface area contributed by atoms with Crippen molar-refractivity contribution in [1.82, 2.24) is 10.2 Å². The monoisotopic (exact) mass is 228 g/mol. The predicted molar refractivity (Wildman–Crippen MR) is 54.8 cm³/mol. The highest BCUT2D eigenvalue weighted by atomic mass is 16.4. The van der Waals surface area contributed by atoms with Gasteiger partial charge in [-0.3, -0.25) is 4.79 Å². The van der Waals surface area contributed by atoms with E-state index < -0.39 is 18.1 Å². The molecule has 2 saturated heterocycles. The van der Waals surface area contributed by atoms with Gasteiger partial charge in [-0.05, 0) is 19.4 Å². The highest BCUT2D eigenvalue weighted by Crippen LogP contribution is 2.21. The summed E-state index contributed by atoms with van der Waals surface area (Å²) in [5.74, 6) is -1.23. The van der Waals surface area contributed by atoms with Gasteiger partial charge >= 0.3 is 5.97 Å². The van der Waals surface area contributed by atoms with Gasteiger partial charge in [-0.15, -0.1) is 0 Å². The van der Waals surface area contributed by atoms with Crippen LogP contribution < -0.4 is 5.32 Å². The van der Waals surface area contributed by atoms with E-state index >= 15 is 0 Å². The number of carbonyl (C=O) groups excluding carboxylic acids is 1. The molecular formula is C10H16N2O4. The van der Waals surface area contributed by atoms with E-state index in [2.05, 4.69) is 5.32 Å². The summed E-state index contributed by atoms with van der Waals surface area (Å²) in [7, 11) is 0. The molecule has 90 valence electrons. The van der Waals surface area contributed by atoms with Gasteiger partial charge in [0, 0.05) is 13.0 Å². The highest BCUT2D eigenvalue weighted by molar-refractivity contribution is 5.87. The average Bonchev–Trinajstić information content (AvgIpc) is 2.84. The summed E-state index contributed by atoms with van der Waals surface area (Å²) in [5.41, 5.74) is 0. The van der Waals surface area contributed by atoms with Gasteiger partial charge in [0.2, 0.25) is 5.91 Å². The lowest BCUT2D eigenvalue weighted by molar-refractivity contribution is -0.148. The number of β-amino-alcohol motifs (C(OH)–C–C–N with tert-alkyl or cyclic N) is 1. The number of carboxylic acids is 1. The van der Waals surface area contributed by atoms with Crippen molar-refractivity contribution in [2.45, 2.75) is 37.5 Å². The Kier molecular flexibility index (Phi) is 3.11. The number of rotatable bonds is 2. The van der Waals surface area contributed by atoms with Gasteiger partial charge in [-0.1, -0.05) is 0 Å². The quantitative estimate of drug-likeness (QED) is 0.551. The molecule has 3 N–H and O–H groups in total. The molecule has 6 nitrogen and oxygen atoms in total. The SMILES string of the molecule is O=C(O)[C@@H]1C[C@H](O)CN1C(=O)C1CCCN1. The van der Waals surface area contributed by atoms with Crippen molar-refractivity contribution in [2.75, 3.05) is 13.1 Å². The van der Waals surface area contributed by atoms with Crippen LogP contribution in [0.4, 0.5) is 0 Å². The standard InChI is InChI=1S/C10H16N2O4/c13-6-4-8(10(15)16)12(5-6)9(14)7-2-1-3-11-7/h6-8,11,13H,1-5H2,(H,15,16)/t6-,7?,8-/m0/s1. The number of amides is 1. The van der Waals surface area contributed by atoms with Crippen molar-refractivity contribution in [3.05, 3.63) is 0 Å². The second-order valence-corrected chi connectivity index (χ2v) is 4.38. The number of likely N-dealkylation sites (tertiary alicyclic amines) is 1. The second kappa shape index (κ2) is 4.39. The minimum atomic E-state index is -1.04. The maximum Gasteiger partial charge on any atom is 0.326 e. The summed E-state index contributed by atoms with van der Waals surface area (Å²) >= 11 is 0. The first-order valence-electron chi connectivity index (χ1n) is 5.54. The summed E-state index contributed by atoms with van der Waals surface area (Å²) in [5, 5.41) is 21.4. The lowest BCUT2D eigenvalue weighted by Crippen LogP contribution is -2.48. The molecule has 1 unspecified atom stereocenters. The summed E-state index contributed by atoms with van der Waals surface area (Å²) < 4.78 is 0. The summed E-state index contributed by atoms with van der Waals surface area (Å²) in [4.78, 5) is 24.2. The van der Waals surface area contributed by atoms with E-state index in [4.69, 9.17) is 5.11 Å². The van der Waals surface area contributed by atoms with E-state index in [9.17, 15) is 14.7 Å². The Morgan fingerprint density at radius 2 is 2.12 bits per heavy atom. The molecule has 2 aliphatic heterocycles. The molecule has 0 radical (unpaired) electrons. The number of hydrogen-bond donors (Lipinski definition) is 3. The largest absolute Gasteiger partial charge is 0.480 e. The minimum Gasteiger partial charge on any atom is -0.480 e. The van der Waals surface area contributed by atoms with E-state index in [0.29, 0.717) is 0 Å². The van der Waals surface area contributed by atoms with Crippen LogP contribution in [-0.4, -0.2) is 58.3 Å². The Morgan fingerprint density at radius 1 is 1.38 bits per heavy atom. The Labute approximate surface area is 93.2 Å². The average molecular weight is 228 g/mol. The van der Waals surface area contributed by atoms with Gasteiger partial charge in [-0.25, -0.2) is 4.79 Å². The molecule has 0 spiro atoms.